The van der Waals surface area contributed by atoms with Gasteiger partial charge in [0.15, 0.2) is 0 Å². The Morgan fingerprint density at radius 2 is 2.25 bits per heavy atom. The number of hydrogen-bond acceptors (Lipinski definition) is 4. The number of rotatable bonds is 4. The standard InChI is InChI=1S/C9H12F2N4O/c1-5-2-6(3-8(14-5)15-12)9(16)13-4-7(10)11/h2-3,7H,4,12H2,1H3,(H,13,16)(H,14,15). The molecule has 0 spiro atoms. The Labute approximate surface area is 91.0 Å². The Morgan fingerprint density at radius 1 is 1.56 bits per heavy atom. The van der Waals surface area contributed by atoms with E-state index >= 15 is 0 Å². The first-order valence-electron chi connectivity index (χ1n) is 4.54. The van der Waals surface area contributed by atoms with Crippen molar-refractivity contribution in [2.24, 2.45) is 5.84 Å². The molecule has 0 radical (unpaired) electrons. The van der Waals surface area contributed by atoms with Crippen LogP contribution in [0.4, 0.5) is 14.6 Å². The fraction of sp³-hybridized carbons (Fsp3) is 0.333. The normalized spacial score (nSPS) is 10.3. The number of nitrogen functional groups attached to an aromatic ring is 1. The van der Waals surface area contributed by atoms with E-state index in [1.165, 1.54) is 12.1 Å². The molecule has 0 aliphatic heterocycles. The third-order valence-corrected chi connectivity index (χ3v) is 1.78. The lowest BCUT2D eigenvalue weighted by atomic mass is 10.2. The first kappa shape index (κ1) is 12.3. The molecule has 1 aromatic rings. The van der Waals surface area contributed by atoms with Crippen LogP contribution in [0.2, 0.25) is 0 Å². The van der Waals surface area contributed by atoms with Gasteiger partial charge in [0.25, 0.3) is 12.3 Å². The highest BCUT2D eigenvalue weighted by Gasteiger charge is 2.10. The van der Waals surface area contributed by atoms with Crippen molar-refractivity contribution in [1.82, 2.24) is 10.3 Å². The highest BCUT2D eigenvalue weighted by Crippen LogP contribution is 2.09. The van der Waals surface area contributed by atoms with Gasteiger partial charge in [-0.25, -0.2) is 19.6 Å². The van der Waals surface area contributed by atoms with Gasteiger partial charge in [-0.2, -0.15) is 0 Å². The largest absolute Gasteiger partial charge is 0.346 e. The molecule has 0 unspecified atom stereocenters. The molecule has 0 saturated carbocycles. The predicted molar refractivity (Wildman–Crippen MR) is 55.1 cm³/mol. The molecule has 0 aliphatic carbocycles. The van der Waals surface area contributed by atoms with Gasteiger partial charge in [-0.1, -0.05) is 0 Å². The third kappa shape index (κ3) is 3.43. The molecule has 16 heavy (non-hydrogen) atoms. The van der Waals surface area contributed by atoms with Crippen molar-refractivity contribution in [3.05, 3.63) is 23.4 Å². The summed E-state index contributed by atoms with van der Waals surface area (Å²) in [6.45, 7) is 0.996. The number of anilines is 1. The molecule has 1 heterocycles. The second kappa shape index (κ2) is 5.36. The number of carbonyl (C=O) groups is 1. The highest BCUT2D eigenvalue weighted by atomic mass is 19.3. The van der Waals surface area contributed by atoms with Crippen molar-refractivity contribution in [2.45, 2.75) is 13.3 Å². The summed E-state index contributed by atoms with van der Waals surface area (Å²) in [5.41, 5.74) is 3.09. The summed E-state index contributed by atoms with van der Waals surface area (Å²) in [5.74, 6) is 4.87. The van der Waals surface area contributed by atoms with Crippen molar-refractivity contribution >= 4 is 11.7 Å². The Bertz CT molecular complexity index is 384. The van der Waals surface area contributed by atoms with E-state index in [2.05, 4.69) is 15.7 Å². The molecule has 0 saturated heterocycles. The second-order valence-electron chi connectivity index (χ2n) is 3.13. The van der Waals surface area contributed by atoms with Crippen LogP contribution in [-0.2, 0) is 0 Å². The minimum Gasteiger partial charge on any atom is -0.346 e. The molecule has 1 rings (SSSR count). The van der Waals surface area contributed by atoms with Crippen LogP contribution >= 0.6 is 0 Å². The summed E-state index contributed by atoms with van der Waals surface area (Å²) in [5, 5.41) is 2.09. The fourth-order valence-electron chi connectivity index (χ4n) is 1.15. The number of halogens is 2. The molecule has 4 N–H and O–H groups in total. The minimum absolute atomic E-state index is 0.237. The monoisotopic (exact) mass is 230 g/mol. The number of carbonyl (C=O) groups excluding carboxylic acids is 1. The summed E-state index contributed by atoms with van der Waals surface area (Å²) < 4.78 is 23.8. The van der Waals surface area contributed by atoms with Gasteiger partial charge in [0.2, 0.25) is 0 Å². The van der Waals surface area contributed by atoms with Gasteiger partial charge in [0.1, 0.15) is 5.82 Å². The van der Waals surface area contributed by atoms with Crippen molar-refractivity contribution < 1.29 is 13.6 Å². The molecule has 0 atom stereocenters. The van der Waals surface area contributed by atoms with Gasteiger partial charge in [-0.05, 0) is 19.1 Å². The molecule has 0 fully saturated rings. The SMILES string of the molecule is Cc1cc(C(=O)NCC(F)F)cc(NN)n1. The summed E-state index contributed by atoms with van der Waals surface area (Å²) in [7, 11) is 0. The number of nitrogens with zero attached hydrogens (tertiary/aromatic N) is 1. The van der Waals surface area contributed by atoms with Gasteiger partial charge in [0.05, 0.1) is 6.54 Å². The van der Waals surface area contributed by atoms with E-state index in [1.54, 1.807) is 6.92 Å². The zero-order chi connectivity index (χ0) is 12.1. The molecule has 88 valence electrons. The molecule has 0 aliphatic rings. The number of hydrogen-bond donors (Lipinski definition) is 3. The van der Waals surface area contributed by atoms with Crippen LogP contribution in [0.15, 0.2) is 12.1 Å². The van der Waals surface area contributed by atoms with Crippen LogP contribution in [-0.4, -0.2) is 23.9 Å². The zero-order valence-electron chi connectivity index (χ0n) is 8.63. The predicted octanol–water partition coefficient (Wildman–Crippen LogP) is 0.671. The number of alkyl halides is 2. The van der Waals surface area contributed by atoms with Crippen LogP contribution in [0.25, 0.3) is 0 Å². The van der Waals surface area contributed by atoms with Crippen molar-refractivity contribution in [2.75, 3.05) is 12.0 Å². The van der Waals surface area contributed by atoms with Crippen LogP contribution in [0.5, 0.6) is 0 Å². The lowest BCUT2D eigenvalue weighted by Gasteiger charge is -2.07. The number of nitrogens with one attached hydrogen (secondary N) is 2. The number of pyridine rings is 1. The highest BCUT2D eigenvalue weighted by molar-refractivity contribution is 5.94. The van der Waals surface area contributed by atoms with Crippen LogP contribution < -0.4 is 16.6 Å². The quantitative estimate of drug-likeness (QED) is 0.524. The number of hydrazine groups is 1. The molecular weight excluding hydrogens is 218 g/mol. The van der Waals surface area contributed by atoms with Crippen molar-refractivity contribution in [3.8, 4) is 0 Å². The van der Waals surface area contributed by atoms with Gasteiger partial charge in [-0.3, -0.25) is 4.79 Å². The summed E-state index contributed by atoms with van der Waals surface area (Å²) >= 11 is 0. The second-order valence-corrected chi connectivity index (χ2v) is 3.13. The summed E-state index contributed by atoms with van der Waals surface area (Å²) in [6, 6.07) is 2.87. The topological polar surface area (TPSA) is 80.0 Å². The molecule has 1 amide bonds. The van der Waals surface area contributed by atoms with Gasteiger partial charge in [-0.15, -0.1) is 0 Å². The van der Waals surface area contributed by atoms with E-state index < -0.39 is 18.9 Å². The minimum atomic E-state index is -2.57. The first-order chi connectivity index (χ1) is 7.52. The lowest BCUT2D eigenvalue weighted by Crippen LogP contribution is -2.28. The van der Waals surface area contributed by atoms with Gasteiger partial charge in [0, 0.05) is 11.3 Å². The molecule has 0 bridgehead atoms. The molecule has 1 aromatic heterocycles. The van der Waals surface area contributed by atoms with Gasteiger partial charge >= 0.3 is 0 Å². The number of amides is 1. The third-order valence-electron chi connectivity index (χ3n) is 1.78. The maximum absolute atomic E-state index is 11.9. The molecule has 0 aromatic carbocycles. The Hall–Kier alpha value is -1.76. The average molecular weight is 230 g/mol. The maximum Gasteiger partial charge on any atom is 0.255 e. The zero-order valence-corrected chi connectivity index (χ0v) is 8.63. The van der Waals surface area contributed by atoms with Crippen LogP contribution in [0, 0.1) is 6.92 Å². The van der Waals surface area contributed by atoms with Crippen LogP contribution in [0.1, 0.15) is 16.1 Å². The van der Waals surface area contributed by atoms with E-state index in [-0.39, 0.29) is 5.56 Å². The number of aromatic nitrogens is 1. The van der Waals surface area contributed by atoms with Crippen LogP contribution in [0.3, 0.4) is 0 Å². The molecule has 5 nitrogen and oxygen atoms in total. The van der Waals surface area contributed by atoms with E-state index in [9.17, 15) is 13.6 Å². The number of nitrogens with two attached hydrogens (primary N) is 1. The Balaban J connectivity index is 2.78. The smallest absolute Gasteiger partial charge is 0.255 e. The Morgan fingerprint density at radius 3 is 2.81 bits per heavy atom. The average Bonchev–Trinajstić information content (AvgIpc) is 2.24. The van der Waals surface area contributed by atoms with Crippen molar-refractivity contribution in [3.63, 3.8) is 0 Å². The molecule has 7 heteroatoms. The summed E-state index contributed by atoms with van der Waals surface area (Å²) in [4.78, 5) is 15.4. The van der Waals surface area contributed by atoms with Gasteiger partial charge < -0.3 is 10.7 Å². The van der Waals surface area contributed by atoms with E-state index in [0.29, 0.717) is 11.5 Å². The number of aryl methyl sites for hydroxylation is 1. The van der Waals surface area contributed by atoms with E-state index in [0.717, 1.165) is 0 Å². The first-order valence-corrected chi connectivity index (χ1v) is 4.54. The molecular formula is C9H12F2N4O. The lowest BCUT2D eigenvalue weighted by molar-refractivity contribution is 0.0891. The Kier molecular flexibility index (Phi) is 4.12. The summed E-state index contributed by atoms with van der Waals surface area (Å²) in [6.07, 6.45) is -2.57. The van der Waals surface area contributed by atoms with Crippen molar-refractivity contribution in [1.29, 1.82) is 0 Å². The van der Waals surface area contributed by atoms with E-state index in [4.69, 9.17) is 5.84 Å². The maximum atomic E-state index is 11.9. The fourth-order valence-corrected chi connectivity index (χ4v) is 1.15. The van der Waals surface area contributed by atoms with E-state index in [1.807, 2.05) is 0 Å².